The van der Waals surface area contributed by atoms with Gasteiger partial charge < -0.3 is 4.90 Å². The van der Waals surface area contributed by atoms with Gasteiger partial charge in [-0.15, -0.1) is 0 Å². The van der Waals surface area contributed by atoms with Gasteiger partial charge in [-0.05, 0) is 24.6 Å². The molecule has 3 amide bonds. The Kier molecular flexibility index (Phi) is 3.85. The molecule has 0 radical (unpaired) electrons. The number of rotatable bonds is 2. The van der Waals surface area contributed by atoms with Gasteiger partial charge in [0.1, 0.15) is 12.6 Å². The summed E-state index contributed by atoms with van der Waals surface area (Å²) in [4.78, 5) is 36.2. The third kappa shape index (κ3) is 3.12. The number of carbonyl (C=O) groups excluding carboxylic acids is 3. The molecule has 1 aromatic carbocycles. The molecular weight excluding hydrogens is 268 g/mol. The van der Waals surface area contributed by atoms with E-state index < -0.39 is 17.9 Å². The number of piperazine rings is 1. The van der Waals surface area contributed by atoms with E-state index in [0.29, 0.717) is 5.02 Å². The number of carbonyl (C=O) groups is 3. The first-order valence-electron chi connectivity index (χ1n) is 5.85. The highest BCUT2D eigenvalue weighted by atomic mass is 35.5. The van der Waals surface area contributed by atoms with Crippen molar-refractivity contribution in [3.63, 3.8) is 0 Å². The highest BCUT2D eigenvalue weighted by Gasteiger charge is 2.33. The molecule has 19 heavy (non-hydrogen) atoms. The molecule has 2 rings (SSSR count). The Labute approximate surface area is 115 Å². The van der Waals surface area contributed by atoms with E-state index in [1.54, 1.807) is 31.2 Å². The Morgan fingerprint density at radius 1 is 1.47 bits per heavy atom. The van der Waals surface area contributed by atoms with Crippen LogP contribution in [0.1, 0.15) is 12.5 Å². The van der Waals surface area contributed by atoms with Crippen molar-refractivity contribution in [3.8, 4) is 0 Å². The summed E-state index contributed by atoms with van der Waals surface area (Å²) in [5.41, 5.74) is 0.753. The molecule has 1 aliphatic heterocycles. The fraction of sp³-hybridized carbons (Fsp3) is 0.308. The molecule has 5 nitrogen and oxygen atoms in total. The van der Waals surface area contributed by atoms with Crippen LogP contribution in [0.15, 0.2) is 24.3 Å². The minimum absolute atomic E-state index is 0.0910. The molecule has 6 heteroatoms. The minimum atomic E-state index is -0.635. The second-order valence-corrected chi connectivity index (χ2v) is 4.85. The van der Waals surface area contributed by atoms with Gasteiger partial charge in [0.25, 0.3) is 0 Å². The van der Waals surface area contributed by atoms with Gasteiger partial charge in [-0.3, -0.25) is 19.7 Å². The fourth-order valence-electron chi connectivity index (χ4n) is 1.94. The number of imide groups is 1. The van der Waals surface area contributed by atoms with Crippen LogP contribution in [-0.2, 0) is 20.8 Å². The summed E-state index contributed by atoms with van der Waals surface area (Å²) >= 11 is 5.85. The molecule has 1 fully saturated rings. The van der Waals surface area contributed by atoms with Crippen LogP contribution in [0.5, 0.6) is 0 Å². The quantitative estimate of drug-likeness (QED) is 0.813. The van der Waals surface area contributed by atoms with E-state index in [0.717, 1.165) is 5.56 Å². The van der Waals surface area contributed by atoms with Crippen molar-refractivity contribution in [2.45, 2.75) is 19.4 Å². The molecular formula is C13H13ClN2O3. The van der Waals surface area contributed by atoms with Gasteiger partial charge in [0.2, 0.25) is 17.7 Å². The largest absolute Gasteiger partial charge is 0.321 e. The number of hydrogen-bond donors (Lipinski definition) is 1. The van der Waals surface area contributed by atoms with Gasteiger partial charge in [0.15, 0.2) is 0 Å². The van der Waals surface area contributed by atoms with Crippen molar-refractivity contribution in [1.29, 1.82) is 0 Å². The first-order chi connectivity index (χ1) is 8.97. The van der Waals surface area contributed by atoms with Crippen LogP contribution in [-0.4, -0.2) is 35.2 Å². The zero-order valence-corrected chi connectivity index (χ0v) is 11.1. The predicted octanol–water partition coefficient (Wildman–Crippen LogP) is 0.756. The first-order valence-corrected chi connectivity index (χ1v) is 6.23. The highest BCUT2D eigenvalue weighted by Crippen LogP contribution is 2.13. The zero-order valence-electron chi connectivity index (χ0n) is 10.4. The van der Waals surface area contributed by atoms with Crippen molar-refractivity contribution in [1.82, 2.24) is 10.2 Å². The smallest absolute Gasteiger partial charge is 0.249 e. The van der Waals surface area contributed by atoms with Crippen molar-refractivity contribution < 1.29 is 14.4 Å². The van der Waals surface area contributed by atoms with E-state index in [9.17, 15) is 14.4 Å². The summed E-state index contributed by atoms with van der Waals surface area (Å²) in [5.74, 6) is -1.17. The fourth-order valence-corrected chi connectivity index (χ4v) is 2.15. The van der Waals surface area contributed by atoms with Crippen molar-refractivity contribution in [2.75, 3.05) is 6.54 Å². The third-order valence-corrected chi connectivity index (χ3v) is 3.22. The molecule has 0 spiro atoms. The Balaban J connectivity index is 2.11. The maximum absolute atomic E-state index is 12.1. The number of benzene rings is 1. The summed E-state index contributed by atoms with van der Waals surface area (Å²) < 4.78 is 0. The van der Waals surface area contributed by atoms with Crippen molar-refractivity contribution in [3.05, 3.63) is 34.9 Å². The maximum Gasteiger partial charge on any atom is 0.249 e. The lowest BCUT2D eigenvalue weighted by atomic mass is 10.1. The molecule has 1 aromatic rings. The van der Waals surface area contributed by atoms with Gasteiger partial charge in [0, 0.05) is 5.02 Å². The van der Waals surface area contributed by atoms with Gasteiger partial charge >= 0.3 is 0 Å². The Morgan fingerprint density at radius 2 is 2.21 bits per heavy atom. The average molecular weight is 281 g/mol. The Hall–Kier alpha value is -1.88. The standard InChI is InChI=1S/C13H13ClN2O3/c1-8-13(19)15-11(17)7-16(8)12(18)6-9-3-2-4-10(14)5-9/h2-5,8H,6-7H2,1H3,(H,15,17,19). The molecule has 100 valence electrons. The molecule has 0 aliphatic carbocycles. The van der Waals surface area contributed by atoms with E-state index in [-0.39, 0.29) is 18.9 Å². The van der Waals surface area contributed by atoms with E-state index in [2.05, 4.69) is 5.32 Å². The van der Waals surface area contributed by atoms with Crippen molar-refractivity contribution >= 4 is 29.3 Å². The third-order valence-electron chi connectivity index (χ3n) is 2.99. The Bertz CT molecular complexity index is 544. The normalized spacial score (nSPS) is 19.3. The topological polar surface area (TPSA) is 66.5 Å². The minimum Gasteiger partial charge on any atom is -0.321 e. The molecule has 1 aliphatic rings. The monoisotopic (exact) mass is 280 g/mol. The van der Waals surface area contributed by atoms with Crippen LogP contribution >= 0.6 is 11.6 Å². The van der Waals surface area contributed by atoms with Crippen LogP contribution in [0.2, 0.25) is 5.02 Å². The van der Waals surface area contributed by atoms with Gasteiger partial charge in [0.05, 0.1) is 6.42 Å². The molecule has 0 saturated carbocycles. The van der Waals surface area contributed by atoms with E-state index in [1.807, 2.05) is 0 Å². The number of amides is 3. The summed E-state index contributed by atoms with van der Waals surface area (Å²) in [6, 6.07) is 6.30. The predicted molar refractivity (Wildman–Crippen MR) is 69.5 cm³/mol. The lowest BCUT2D eigenvalue weighted by molar-refractivity contribution is -0.149. The molecule has 0 aromatic heterocycles. The van der Waals surface area contributed by atoms with Gasteiger partial charge in [-0.1, -0.05) is 23.7 Å². The van der Waals surface area contributed by atoms with E-state index in [4.69, 9.17) is 11.6 Å². The van der Waals surface area contributed by atoms with Crippen molar-refractivity contribution in [2.24, 2.45) is 0 Å². The van der Waals surface area contributed by atoms with Gasteiger partial charge in [-0.25, -0.2) is 0 Å². The molecule has 1 atom stereocenters. The van der Waals surface area contributed by atoms with Crippen LogP contribution in [0.4, 0.5) is 0 Å². The van der Waals surface area contributed by atoms with Crippen LogP contribution in [0.25, 0.3) is 0 Å². The average Bonchev–Trinajstić information content (AvgIpc) is 2.33. The molecule has 1 unspecified atom stereocenters. The first kappa shape index (κ1) is 13.5. The maximum atomic E-state index is 12.1. The Morgan fingerprint density at radius 3 is 2.89 bits per heavy atom. The molecule has 1 heterocycles. The molecule has 1 saturated heterocycles. The van der Waals surface area contributed by atoms with Crippen LogP contribution in [0.3, 0.4) is 0 Å². The zero-order chi connectivity index (χ0) is 14.0. The number of nitrogens with one attached hydrogen (secondary N) is 1. The molecule has 0 bridgehead atoms. The highest BCUT2D eigenvalue weighted by molar-refractivity contribution is 6.30. The summed E-state index contributed by atoms with van der Waals surface area (Å²) in [7, 11) is 0. The van der Waals surface area contributed by atoms with Crippen LogP contribution in [0, 0.1) is 0 Å². The second-order valence-electron chi connectivity index (χ2n) is 4.42. The van der Waals surface area contributed by atoms with Gasteiger partial charge in [-0.2, -0.15) is 0 Å². The second kappa shape index (κ2) is 5.40. The van der Waals surface area contributed by atoms with E-state index >= 15 is 0 Å². The lowest BCUT2D eigenvalue weighted by Crippen LogP contribution is -2.58. The SMILES string of the molecule is CC1C(=O)NC(=O)CN1C(=O)Cc1cccc(Cl)c1. The lowest BCUT2D eigenvalue weighted by Gasteiger charge is -2.31. The van der Waals surface area contributed by atoms with E-state index in [1.165, 1.54) is 4.90 Å². The summed E-state index contributed by atoms with van der Waals surface area (Å²) in [6.45, 7) is 1.50. The number of hydrogen-bond acceptors (Lipinski definition) is 3. The number of nitrogens with zero attached hydrogens (tertiary/aromatic N) is 1. The summed E-state index contributed by atoms with van der Waals surface area (Å²) in [6.07, 6.45) is 0.117. The van der Waals surface area contributed by atoms with Crippen LogP contribution < -0.4 is 5.32 Å². The number of halogens is 1. The molecule has 1 N–H and O–H groups in total. The summed E-state index contributed by atoms with van der Waals surface area (Å²) in [5, 5.41) is 2.74.